The number of hydrogen-bond acceptors (Lipinski definition) is 4. The summed E-state index contributed by atoms with van der Waals surface area (Å²) in [5.74, 6) is -0.896. The molecular weight excluding hydrogens is 198 g/mol. The topological polar surface area (TPSA) is 62.9 Å². The second-order valence-corrected chi connectivity index (χ2v) is 3.56. The Morgan fingerprint density at radius 2 is 2.53 bits per heavy atom. The van der Waals surface area contributed by atoms with Crippen LogP contribution >= 0.6 is 0 Å². The Labute approximate surface area is 87.2 Å². The molecule has 0 spiro atoms. The van der Waals surface area contributed by atoms with Crippen LogP contribution in [0, 0.1) is 0 Å². The number of carboxylic acid groups (broad SMARTS) is 1. The van der Waals surface area contributed by atoms with Crippen molar-refractivity contribution in [3.63, 3.8) is 0 Å². The maximum Gasteiger partial charge on any atom is 0.334 e. The Bertz CT molecular complexity index is 322. The molecule has 1 fully saturated rings. The molecule has 1 unspecified atom stereocenters. The van der Waals surface area contributed by atoms with Gasteiger partial charge < -0.3 is 14.3 Å². The van der Waals surface area contributed by atoms with Gasteiger partial charge in [0.15, 0.2) is 6.10 Å². The molecule has 5 heteroatoms. The second-order valence-electron chi connectivity index (χ2n) is 3.56. The fourth-order valence-corrected chi connectivity index (χ4v) is 1.64. The normalized spacial score (nSPS) is 22.8. The molecule has 1 aliphatic rings. The largest absolute Gasteiger partial charge is 0.479 e. The molecule has 0 aromatic carbocycles. The molecule has 1 aromatic heterocycles. The summed E-state index contributed by atoms with van der Waals surface area (Å²) in [6.45, 7) is 2.37. The molecule has 1 aromatic rings. The summed E-state index contributed by atoms with van der Waals surface area (Å²) in [6, 6.07) is 1.88. The minimum absolute atomic E-state index is 0.431. The first-order valence-electron chi connectivity index (χ1n) is 4.83. The van der Waals surface area contributed by atoms with Crippen LogP contribution in [-0.2, 0) is 16.1 Å². The number of furan rings is 1. The predicted octanol–water partition coefficient (Wildman–Crippen LogP) is 0.565. The highest BCUT2D eigenvalue weighted by Gasteiger charge is 2.26. The van der Waals surface area contributed by atoms with Gasteiger partial charge >= 0.3 is 5.97 Å². The lowest BCUT2D eigenvalue weighted by Gasteiger charge is -2.30. The number of nitrogens with zero attached hydrogens (tertiary/aromatic N) is 1. The fourth-order valence-electron chi connectivity index (χ4n) is 1.64. The van der Waals surface area contributed by atoms with Gasteiger partial charge in [-0.25, -0.2) is 4.79 Å². The molecular formula is C10H13NO4. The van der Waals surface area contributed by atoms with Crippen LogP contribution in [0.15, 0.2) is 23.0 Å². The van der Waals surface area contributed by atoms with Crippen molar-refractivity contribution < 1.29 is 19.1 Å². The number of aliphatic carboxylic acids is 1. The average Bonchev–Trinajstić information content (AvgIpc) is 2.71. The van der Waals surface area contributed by atoms with E-state index in [1.165, 1.54) is 0 Å². The molecule has 82 valence electrons. The lowest BCUT2D eigenvalue weighted by atomic mass is 10.2. The van der Waals surface area contributed by atoms with E-state index < -0.39 is 12.1 Å². The maximum absolute atomic E-state index is 10.7. The van der Waals surface area contributed by atoms with Crippen LogP contribution in [0.1, 0.15) is 5.56 Å². The van der Waals surface area contributed by atoms with Gasteiger partial charge in [-0.15, -0.1) is 0 Å². The van der Waals surface area contributed by atoms with Gasteiger partial charge in [-0.05, 0) is 6.07 Å². The van der Waals surface area contributed by atoms with Crippen LogP contribution in [0.2, 0.25) is 0 Å². The minimum atomic E-state index is -0.896. The van der Waals surface area contributed by atoms with Crippen molar-refractivity contribution in [1.82, 2.24) is 4.90 Å². The summed E-state index contributed by atoms with van der Waals surface area (Å²) in [5.41, 5.74) is 1.06. The molecule has 1 saturated heterocycles. The van der Waals surface area contributed by atoms with Crippen molar-refractivity contribution in [2.45, 2.75) is 12.6 Å². The van der Waals surface area contributed by atoms with E-state index >= 15 is 0 Å². The van der Waals surface area contributed by atoms with Gasteiger partial charge in [-0.1, -0.05) is 0 Å². The Morgan fingerprint density at radius 1 is 1.67 bits per heavy atom. The van der Waals surface area contributed by atoms with Crippen molar-refractivity contribution in [2.24, 2.45) is 0 Å². The summed E-state index contributed by atoms with van der Waals surface area (Å²) in [5, 5.41) is 8.81. The van der Waals surface area contributed by atoms with Gasteiger partial charge in [0.25, 0.3) is 0 Å². The third-order valence-electron chi connectivity index (χ3n) is 2.41. The predicted molar refractivity (Wildman–Crippen MR) is 51.4 cm³/mol. The molecule has 0 radical (unpaired) electrons. The third-order valence-corrected chi connectivity index (χ3v) is 2.41. The second kappa shape index (κ2) is 4.46. The number of carbonyl (C=O) groups is 1. The molecule has 1 aliphatic heterocycles. The SMILES string of the molecule is O=C(O)C1CN(Cc2ccoc2)CCO1. The van der Waals surface area contributed by atoms with Crippen LogP contribution in [0.5, 0.6) is 0 Å². The Hall–Kier alpha value is -1.33. The first-order valence-corrected chi connectivity index (χ1v) is 4.83. The van der Waals surface area contributed by atoms with Gasteiger partial charge in [-0.3, -0.25) is 4.90 Å². The average molecular weight is 211 g/mol. The van der Waals surface area contributed by atoms with E-state index in [0.29, 0.717) is 19.7 Å². The number of rotatable bonds is 3. The van der Waals surface area contributed by atoms with Crippen LogP contribution in [-0.4, -0.2) is 41.8 Å². The lowest BCUT2D eigenvalue weighted by Crippen LogP contribution is -2.45. The highest BCUT2D eigenvalue weighted by molar-refractivity contribution is 5.72. The van der Waals surface area contributed by atoms with E-state index in [0.717, 1.165) is 12.1 Å². The highest BCUT2D eigenvalue weighted by atomic mass is 16.5. The van der Waals surface area contributed by atoms with Crippen molar-refractivity contribution in [1.29, 1.82) is 0 Å². The first-order chi connectivity index (χ1) is 7.25. The zero-order chi connectivity index (χ0) is 10.7. The standard InChI is InChI=1S/C10H13NO4/c12-10(13)9-6-11(2-4-15-9)5-8-1-3-14-7-8/h1,3,7,9H,2,4-6H2,(H,12,13). The quantitative estimate of drug-likeness (QED) is 0.791. The smallest absolute Gasteiger partial charge is 0.334 e. The summed E-state index contributed by atoms with van der Waals surface area (Å²) >= 11 is 0. The number of morpholine rings is 1. The van der Waals surface area contributed by atoms with Gasteiger partial charge in [0, 0.05) is 25.2 Å². The molecule has 0 aliphatic carbocycles. The minimum Gasteiger partial charge on any atom is -0.479 e. The highest BCUT2D eigenvalue weighted by Crippen LogP contribution is 2.10. The lowest BCUT2D eigenvalue weighted by molar-refractivity contribution is -0.156. The monoisotopic (exact) mass is 211 g/mol. The van der Waals surface area contributed by atoms with E-state index in [1.54, 1.807) is 12.5 Å². The first kappa shape index (κ1) is 10.2. The molecule has 0 bridgehead atoms. The van der Waals surface area contributed by atoms with Crippen molar-refractivity contribution in [3.8, 4) is 0 Å². The van der Waals surface area contributed by atoms with Crippen LogP contribution in [0.4, 0.5) is 0 Å². The van der Waals surface area contributed by atoms with Gasteiger partial charge in [0.1, 0.15) is 0 Å². The third kappa shape index (κ3) is 2.57. The van der Waals surface area contributed by atoms with E-state index in [1.807, 2.05) is 11.0 Å². The van der Waals surface area contributed by atoms with Crippen LogP contribution in [0.25, 0.3) is 0 Å². The van der Waals surface area contributed by atoms with Crippen molar-refractivity contribution in [3.05, 3.63) is 24.2 Å². The summed E-state index contributed by atoms with van der Waals surface area (Å²) < 4.78 is 10.1. The van der Waals surface area contributed by atoms with Crippen LogP contribution < -0.4 is 0 Å². The van der Waals surface area contributed by atoms with E-state index in [-0.39, 0.29) is 0 Å². The van der Waals surface area contributed by atoms with Crippen LogP contribution in [0.3, 0.4) is 0 Å². The summed E-state index contributed by atoms with van der Waals surface area (Å²) in [6.07, 6.45) is 2.58. The zero-order valence-corrected chi connectivity index (χ0v) is 8.26. The number of ether oxygens (including phenoxy) is 1. The molecule has 1 atom stereocenters. The number of carboxylic acids is 1. The Balaban J connectivity index is 1.90. The fraction of sp³-hybridized carbons (Fsp3) is 0.500. The van der Waals surface area contributed by atoms with Gasteiger partial charge in [0.05, 0.1) is 19.1 Å². The molecule has 5 nitrogen and oxygen atoms in total. The van der Waals surface area contributed by atoms with Crippen molar-refractivity contribution >= 4 is 5.97 Å². The molecule has 15 heavy (non-hydrogen) atoms. The molecule has 1 N–H and O–H groups in total. The molecule has 0 amide bonds. The zero-order valence-electron chi connectivity index (χ0n) is 8.26. The van der Waals surface area contributed by atoms with Gasteiger partial charge in [0.2, 0.25) is 0 Å². The Kier molecular flexibility index (Phi) is 3.03. The number of hydrogen-bond donors (Lipinski definition) is 1. The molecule has 2 rings (SSSR count). The maximum atomic E-state index is 10.7. The summed E-state index contributed by atoms with van der Waals surface area (Å²) in [7, 11) is 0. The van der Waals surface area contributed by atoms with E-state index in [2.05, 4.69) is 0 Å². The Morgan fingerprint density at radius 3 is 3.20 bits per heavy atom. The molecule has 0 saturated carbocycles. The molecule has 2 heterocycles. The van der Waals surface area contributed by atoms with Crippen molar-refractivity contribution in [2.75, 3.05) is 19.7 Å². The van der Waals surface area contributed by atoms with E-state index in [9.17, 15) is 4.79 Å². The summed E-state index contributed by atoms with van der Waals surface area (Å²) in [4.78, 5) is 12.8. The van der Waals surface area contributed by atoms with E-state index in [4.69, 9.17) is 14.3 Å². The van der Waals surface area contributed by atoms with Gasteiger partial charge in [-0.2, -0.15) is 0 Å².